The molecule has 26 heavy (non-hydrogen) atoms. The number of hydrogen-bond acceptors (Lipinski definition) is 4. The van der Waals surface area contributed by atoms with Crippen LogP contribution in [-0.2, 0) is 4.79 Å². The van der Waals surface area contributed by atoms with Crippen LogP contribution >= 0.6 is 23.4 Å². The summed E-state index contributed by atoms with van der Waals surface area (Å²) in [4.78, 5) is 12.2. The highest BCUT2D eigenvalue weighted by Gasteiger charge is 2.12. The number of aromatic nitrogens is 3. The molecule has 1 atom stereocenters. The smallest absolute Gasteiger partial charge is 0.230 e. The van der Waals surface area contributed by atoms with Gasteiger partial charge in [-0.05, 0) is 43.9 Å². The maximum absolute atomic E-state index is 12.2. The van der Waals surface area contributed by atoms with Gasteiger partial charge < -0.3 is 5.32 Å². The molecule has 0 saturated heterocycles. The quantitative estimate of drug-likeness (QED) is 0.628. The fraction of sp³-hybridized carbons (Fsp3) is 0.526. The van der Waals surface area contributed by atoms with Gasteiger partial charge >= 0.3 is 0 Å². The number of aryl methyl sites for hydroxylation is 1. The van der Waals surface area contributed by atoms with Gasteiger partial charge in [-0.3, -0.25) is 9.36 Å². The molecular weight excluding hydrogens is 368 g/mol. The van der Waals surface area contributed by atoms with Crippen LogP contribution in [0.2, 0.25) is 5.02 Å². The number of nitrogens with one attached hydrogen (secondary N) is 1. The molecule has 1 amide bonds. The minimum atomic E-state index is 0.0172. The van der Waals surface area contributed by atoms with Crippen molar-refractivity contribution in [3.8, 4) is 5.69 Å². The van der Waals surface area contributed by atoms with E-state index in [1.165, 1.54) is 18.2 Å². The monoisotopic (exact) mass is 394 g/mol. The van der Waals surface area contributed by atoms with Gasteiger partial charge in [0, 0.05) is 11.1 Å². The van der Waals surface area contributed by atoms with E-state index in [1.54, 1.807) is 6.33 Å². The van der Waals surface area contributed by atoms with Gasteiger partial charge in [0.2, 0.25) is 5.91 Å². The fourth-order valence-electron chi connectivity index (χ4n) is 2.58. The average molecular weight is 395 g/mol. The second kappa shape index (κ2) is 9.97. The van der Waals surface area contributed by atoms with Crippen molar-refractivity contribution in [3.63, 3.8) is 0 Å². The number of nitrogens with zero attached hydrogens (tertiary/aromatic N) is 3. The topological polar surface area (TPSA) is 59.8 Å². The van der Waals surface area contributed by atoms with Crippen molar-refractivity contribution in [2.24, 2.45) is 5.92 Å². The van der Waals surface area contributed by atoms with E-state index in [4.69, 9.17) is 11.6 Å². The summed E-state index contributed by atoms with van der Waals surface area (Å²) >= 11 is 7.58. The summed E-state index contributed by atoms with van der Waals surface area (Å²) in [5, 5.41) is 12.5. The third kappa shape index (κ3) is 6.32. The summed E-state index contributed by atoms with van der Waals surface area (Å²) in [6.07, 6.45) is 4.97. The molecule has 1 aromatic carbocycles. The molecule has 0 aliphatic heterocycles. The molecule has 0 radical (unpaired) electrons. The Morgan fingerprint density at radius 2 is 2.08 bits per heavy atom. The number of carbonyl (C=O) groups excluding carboxylic acids is 1. The van der Waals surface area contributed by atoms with Gasteiger partial charge in [0.1, 0.15) is 6.33 Å². The van der Waals surface area contributed by atoms with Crippen LogP contribution < -0.4 is 5.32 Å². The minimum Gasteiger partial charge on any atom is -0.353 e. The number of carbonyl (C=O) groups is 1. The number of halogens is 1. The van der Waals surface area contributed by atoms with Gasteiger partial charge in [-0.1, -0.05) is 56.1 Å². The van der Waals surface area contributed by atoms with E-state index in [9.17, 15) is 4.79 Å². The fourth-order valence-corrected chi connectivity index (χ4v) is 3.50. The van der Waals surface area contributed by atoms with Crippen molar-refractivity contribution in [1.82, 2.24) is 20.1 Å². The Hall–Kier alpha value is -1.53. The lowest BCUT2D eigenvalue weighted by Gasteiger charge is -2.14. The van der Waals surface area contributed by atoms with Crippen molar-refractivity contribution in [3.05, 3.63) is 35.1 Å². The highest BCUT2D eigenvalue weighted by Crippen LogP contribution is 2.23. The molecule has 1 aromatic heterocycles. The van der Waals surface area contributed by atoms with Crippen LogP contribution in [0.15, 0.2) is 29.7 Å². The molecule has 1 unspecified atom stereocenters. The molecule has 1 N–H and O–H groups in total. The summed E-state index contributed by atoms with van der Waals surface area (Å²) in [6.45, 7) is 8.45. The van der Waals surface area contributed by atoms with Crippen molar-refractivity contribution >= 4 is 29.3 Å². The maximum Gasteiger partial charge on any atom is 0.230 e. The highest BCUT2D eigenvalue weighted by atomic mass is 35.5. The van der Waals surface area contributed by atoms with Crippen LogP contribution in [0, 0.1) is 12.8 Å². The van der Waals surface area contributed by atoms with Crippen molar-refractivity contribution in [2.75, 3.05) is 5.75 Å². The average Bonchev–Trinajstić information content (AvgIpc) is 3.03. The van der Waals surface area contributed by atoms with Gasteiger partial charge in [0.15, 0.2) is 5.16 Å². The van der Waals surface area contributed by atoms with Crippen LogP contribution in [0.5, 0.6) is 0 Å². The molecule has 0 aliphatic rings. The maximum atomic E-state index is 12.2. The van der Waals surface area contributed by atoms with E-state index in [0.29, 0.717) is 21.8 Å². The minimum absolute atomic E-state index is 0.0172. The van der Waals surface area contributed by atoms with Crippen LogP contribution in [0.1, 0.15) is 45.6 Å². The van der Waals surface area contributed by atoms with Crippen LogP contribution in [0.4, 0.5) is 0 Å². The molecule has 7 heteroatoms. The lowest BCUT2D eigenvalue weighted by molar-refractivity contribution is -0.119. The van der Waals surface area contributed by atoms with Gasteiger partial charge in [0.25, 0.3) is 0 Å². The van der Waals surface area contributed by atoms with E-state index in [-0.39, 0.29) is 11.9 Å². The van der Waals surface area contributed by atoms with Crippen molar-refractivity contribution in [2.45, 2.75) is 58.2 Å². The van der Waals surface area contributed by atoms with Crippen molar-refractivity contribution in [1.29, 1.82) is 0 Å². The van der Waals surface area contributed by atoms with E-state index in [0.717, 1.165) is 24.1 Å². The SMILES string of the molecule is Cc1ccc(-n2cnnc2SCC(=O)NC(C)CCCC(C)C)cc1Cl. The van der Waals surface area contributed by atoms with Gasteiger partial charge in [-0.15, -0.1) is 10.2 Å². The van der Waals surface area contributed by atoms with Crippen LogP contribution in [0.25, 0.3) is 5.69 Å². The lowest BCUT2D eigenvalue weighted by atomic mass is 10.0. The summed E-state index contributed by atoms with van der Waals surface area (Å²) in [5.74, 6) is 1.03. The third-order valence-electron chi connectivity index (χ3n) is 4.11. The molecule has 0 spiro atoms. The Labute approximate surface area is 164 Å². The predicted octanol–water partition coefficient (Wildman–Crippen LogP) is 4.65. The third-order valence-corrected chi connectivity index (χ3v) is 5.46. The van der Waals surface area contributed by atoms with Crippen LogP contribution in [0.3, 0.4) is 0 Å². The number of benzene rings is 1. The van der Waals surface area contributed by atoms with E-state index in [2.05, 4.69) is 36.3 Å². The summed E-state index contributed by atoms with van der Waals surface area (Å²) < 4.78 is 1.84. The molecule has 5 nitrogen and oxygen atoms in total. The van der Waals surface area contributed by atoms with Gasteiger partial charge in [-0.2, -0.15) is 0 Å². The molecule has 0 saturated carbocycles. The molecule has 0 fully saturated rings. The lowest BCUT2D eigenvalue weighted by Crippen LogP contribution is -2.33. The van der Waals surface area contributed by atoms with E-state index in [1.807, 2.05) is 29.7 Å². The van der Waals surface area contributed by atoms with Crippen molar-refractivity contribution < 1.29 is 4.79 Å². The molecule has 2 aromatic rings. The second-order valence-electron chi connectivity index (χ2n) is 7.00. The first-order valence-corrected chi connectivity index (χ1v) is 10.3. The Balaban J connectivity index is 1.87. The first-order valence-electron chi connectivity index (χ1n) is 8.95. The highest BCUT2D eigenvalue weighted by molar-refractivity contribution is 7.99. The Kier molecular flexibility index (Phi) is 7.97. The Morgan fingerprint density at radius 1 is 1.31 bits per heavy atom. The molecule has 142 valence electrons. The number of thioether (sulfide) groups is 1. The molecule has 0 aliphatic carbocycles. The number of amides is 1. The second-order valence-corrected chi connectivity index (χ2v) is 8.35. The zero-order valence-corrected chi connectivity index (χ0v) is 17.4. The summed E-state index contributed by atoms with van der Waals surface area (Å²) in [6, 6.07) is 5.99. The first kappa shape index (κ1) is 20.8. The van der Waals surface area contributed by atoms with Gasteiger partial charge in [-0.25, -0.2) is 0 Å². The zero-order valence-electron chi connectivity index (χ0n) is 15.8. The predicted molar refractivity (Wildman–Crippen MR) is 108 cm³/mol. The number of hydrogen-bond donors (Lipinski definition) is 1. The molecular formula is C19H27ClN4OS. The first-order chi connectivity index (χ1) is 12.4. The number of rotatable bonds is 9. The molecule has 0 bridgehead atoms. The standard InChI is InChI=1S/C19H27ClN4OS/c1-13(2)6-5-7-15(4)22-18(25)11-26-19-23-21-12-24(19)16-9-8-14(3)17(20)10-16/h8-10,12-13,15H,5-7,11H2,1-4H3,(H,22,25). The summed E-state index contributed by atoms with van der Waals surface area (Å²) in [5.41, 5.74) is 1.90. The van der Waals surface area contributed by atoms with E-state index < -0.39 is 0 Å². The Bertz CT molecular complexity index is 732. The normalized spacial score (nSPS) is 12.4. The molecule has 1 heterocycles. The zero-order chi connectivity index (χ0) is 19.1. The molecule has 2 rings (SSSR count). The van der Waals surface area contributed by atoms with Crippen LogP contribution in [-0.4, -0.2) is 32.5 Å². The largest absolute Gasteiger partial charge is 0.353 e. The Morgan fingerprint density at radius 3 is 2.77 bits per heavy atom. The van der Waals surface area contributed by atoms with E-state index >= 15 is 0 Å². The summed E-state index contributed by atoms with van der Waals surface area (Å²) in [7, 11) is 0. The van der Waals surface area contributed by atoms with Gasteiger partial charge in [0.05, 0.1) is 11.4 Å².